The number of amides is 2. The second-order valence-corrected chi connectivity index (χ2v) is 12.5. The van der Waals surface area contributed by atoms with E-state index in [2.05, 4.69) is 31.5 Å². The van der Waals surface area contributed by atoms with Gasteiger partial charge in [-0.15, -0.1) is 11.3 Å². The summed E-state index contributed by atoms with van der Waals surface area (Å²) in [5.41, 5.74) is 0.338. The number of aromatic amines is 1. The van der Waals surface area contributed by atoms with E-state index in [1.54, 1.807) is 24.3 Å². The van der Waals surface area contributed by atoms with Gasteiger partial charge >= 0.3 is 11.7 Å². The zero-order valence-electron chi connectivity index (χ0n) is 19.5. The fourth-order valence-corrected chi connectivity index (χ4v) is 6.39. The topological polar surface area (TPSA) is 155 Å². The van der Waals surface area contributed by atoms with Crippen LogP contribution >= 0.6 is 38.9 Å². The first-order valence-electron chi connectivity index (χ1n) is 11.1. The lowest BCUT2D eigenvalue weighted by atomic mass is 10.2. The third-order valence-electron chi connectivity index (χ3n) is 5.42. The Morgan fingerprint density at radius 1 is 1.03 bits per heavy atom. The van der Waals surface area contributed by atoms with Crippen molar-refractivity contribution in [1.82, 2.24) is 14.3 Å². The number of halogens is 2. The molecule has 0 aliphatic carbocycles. The number of sulfonamides is 1. The van der Waals surface area contributed by atoms with Gasteiger partial charge < -0.3 is 20.0 Å². The molecule has 0 aliphatic heterocycles. The van der Waals surface area contributed by atoms with Crippen molar-refractivity contribution in [1.29, 1.82) is 0 Å². The number of H-pyrrole nitrogens is 1. The zero-order chi connectivity index (χ0) is 27.7. The normalized spacial score (nSPS) is 11.4. The van der Waals surface area contributed by atoms with Gasteiger partial charge in [-0.2, -0.15) is 0 Å². The molecule has 11 nitrogen and oxygen atoms in total. The smallest absolute Gasteiger partial charge is 0.333 e. The minimum atomic E-state index is -4.09. The molecule has 0 bridgehead atoms. The van der Waals surface area contributed by atoms with Gasteiger partial charge in [-0.25, -0.2) is 27.3 Å². The van der Waals surface area contributed by atoms with Crippen LogP contribution in [0.2, 0.25) is 4.34 Å². The lowest BCUT2D eigenvalue weighted by molar-refractivity contribution is 0.256. The Hall–Kier alpha value is -3.85. The van der Waals surface area contributed by atoms with Crippen LogP contribution in [0.25, 0.3) is 16.6 Å². The number of furan rings is 1. The largest absolute Gasteiger partial charge is 0.452 e. The molecule has 5 aromatic rings. The average molecular weight is 651 g/mol. The summed E-state index contributed by atoms with van der Waals surface area (Å²) in [6.45, 7) is 0.408. The van der Waals surface area contributed by atoms with E-state index in [4.69, 9.17) is 16.0 Å². The van der Waals surface area contributed by atoms with Crippen LogP contribution in [0.15, 0.2) is 89.6 Å². The molecule has 0 fully saturated rings. The van der Waals surface area contributed by atoms with Crippen molar-refractivity contribution in [3.05, 3.63) is 102 Å². The molecule has 15 heteroatoms. The fraction of sp³-hybridized carbons (Fsp3) is 0.0417. The number of nitrogens with zero attached hydrogens (tertiary/aromatic N) is 1. The Bertz CT molecular complexity index is 1930. The number of carbonyl (C=O) groups is 1. The molecule has 0 spiro atoms. The molecule has 2 aromatic carbocycles. The molecule has 4 N–H and O–H groups in total. The molecule has 200 valence electrons. The van der Waals surface area contributed by atoms with Crippen LogP contribution in [0.4, 0.5) is 16.2 Å². The van der Waals surface area contributed by atoms with Crippen molar-refractivity contribution in [3.8, 4) is 5.69 Å². The first kappa shape index (κ1) is 26.7. The minimum Gasteiger partial charge on any atom is -0.452 e. The van der Waals surface area contributed by atoms with Gasteiger partial charge in [0.25, 0.3) is 15.6 Å². The van der Waals surface area contributed by atoms with Crippen LogP contribution in [0.3, 0.4) is 0 Å². The number of aromatic nitrogens is 2. The summed E-state index contributed by atoms with van der Waals surface area (Å²) in [4.78, 5) is 40.9. The van der Waals surface area contributed by atoms with Gasteiger partial charge in [0.05, 0.1) is 27.5 Å². The zero-order valence-corrected chi connectivity index (χ0v) is 23.5. The molecular formula is C24H17BrClN5O6S2. The standard InChI is InChI=1S/C24H17BrClN5O6S2/c25-19-8-6-16(37-19)12-27-14-3-7-17-18(11-14)29-24(34)31(22(17)32)15-4-1-13(2-5-15)28-23(33)30-39(35,36)21-10-9-20(26)38-21/h1-11,27H,12H2,(H,29,34)(H2,28,30,33). The predicted molar refractivity (Wildman–Crippen MR) is 153 cm³/mol. The van der Waals surface area contributed by atoms with E-state index in [1.165, 1.54) is 36.4 Å². The average Bonchev–Trinajstić information content (AvgIpc) is 3.51. The number of thiophene rings is 1. The number of urea groups is 1. The first-order chi connectivity index (χ1) is 18.6. The summed E-state index contributed by atoms with van der Waals surface area (Å²) in [7, 11) is -4.09. The molecule has 0 unspecified atom stereocenters. The first-order valence-corrected chi connectivity index (χ1v) is 14.5. The van der Waals surface area contributed by atoms with Crippen molar-refractivity contribution >= 4 is 77.2 Å². The molecule has 0 saturated heterocycles. The maximum atomic E-state index is 13.1. The van der Waals surface area contributed by atoms with Crippen molar-refractivity contribution in [3.63, 3.8) is 0 Å². The van der Waals surface area contributed by atoms with E-state index in [0.29, 0.717) is 33.6 Å². The van der Waals surface area contributed by atoms with Crippen LogP contribution in [-0.2, 0) is 16.6 Å². The van der Waals surface area contributed by atoms with E-state index in [1.807, 2.05) is 10.8 Å². The number of anilines is 2. The van der Waals surface area contributed by atoms with Gasteiger partial charge in [-0.3, -0.25) is 4.79 Å². The summed E-state index contributed by atoms with van der Waals surface area (Å²) in [6.07, 6.45) is 0. The van der Waals surface area contributed by atoms with Crippen LogP contribution in [-0.4, -0.2) is 24.0 Å². The number of benzene rings is 2. The van der Waals surface area contributed by atoms with Crippen LogP contribution in [0.1, 0.15) is 5.76 Å². The second kappa shape index (κ2) is 10.7. The van der Waals surface area contributed by atoms with Crippen molar-refractivity contribution in [2.75, 3.05) is 10.6 Å². The molecule has 5 rings (SSSR count). The van der Waals surface area contributed by atoms with E-state index >= 15 is 0 Å². The fourth-order valence-electron chi connectivity index (χ4n) is 3.66. The van der Waals surface area contributed by atoms with Crippen molar-refractivity contribution in [2.24, 2.45) is 0 Å². The monoisotopic (exact) mass is 649 g/mol. The molecule has 3 heterocycles. The SMILES string of the molecule is O=C(Nc1ccc(-n2c(=O)[nH]c3cc(NCc4ccc(Br)o4)ccc3c2=O)cc1)NS(=O)(=O)c1ccc(Cl)s1. The van der Waals surface area contributed by atoms with Crippen molar-refractivity contribution in [2.45, 2.75) is 10.8 Å². The van der Waals surface area contributed by atoms with Gasteiger partial charge in [0, 0.05) is 11.4 Å². The van der Waals surface area contributed by atoms with Gasteiger partial charge in [0.1, 0.15) is 9.97 Å². The van der Waals surface area contributed by atoms with E-state index < -0.39 is 27.3 Å². The highest BCUT2D eigenvalue weighted by Gasteiger charge is 2.20. The molecule has 0 radical (unpaired) electrons. The quantitative estimate of drug-likeness (QED) is 0.196. The van der Waals surface area contributed by atoms with Gasteiger partial charge in [-0.05, 0) is 82.7 Å². The number of rotatable bonds is 7. The van der Waals surface area contributed by atoms with Crippen LogP contribution < -0.4 is 26.6 Å². The van der Waals surface area contributed by atoms with Crippen molar-refractivity contribution < 1.29 is 17.6 Å². The van der Waals surface area contributed by atoms with Crippen LogP contribution in [0, 0.1) is 0 Å². The highest BCUT2D eigenvalue weighted by atomic mass is 79.9. The lowest BCUT2D eigenvalue weighted by Crippen LogP contribution is -2.34. The molecule has 0 saturated carbocycles. The molecule has 2 amide bonds. The number of nitrogens with one attached hydrogen (secondary N) is 4. The molecule has 3 aromatic heterocycles. The third-order valence-corrected chi connectivity index (χ3v) is 8.90. The third kappa shape index (κ3) is 5.93. The molecule has 0 atom stereocenters. The number of carbonyl (C=O) groups excluding carboxylic acids is 1. The second-order valence-electron chi connectivity index (χ2n) is 8.06. The number of fused-ring (bicyclic) bond motifs is 1. The van der Waals surface area contributed by atoms with E-state index in [0.717, 1.165) is 15.9 Å². The van der Waals surface area contributed by atoms with E-state index in [-0.39, 0.29) is 19.9 Å². The summed E-state index contributed by atoms with van der Waals surface area (Å²) in [5, 5.41) is 5.86. The molecule has 39 heavy (non-hydrogen) atoms. The molecule has 0 aliphatic rings. The highest BCUT2D eigenvalue weighted by Crippen LogP contribution is 2.25. The maximum Gasteiger partial charge on any atom is 0.333 e. The predicted octanol–water partition coefficient (Wildman–Crippen LogP) is 4.87. The Morgan fingerprint density at radius 2 is 1.77 bits per heavy atom. The highest BCUT2D eigenvalue weighted by molar-refractivity contribution is 9.10. The Kier molecular flexibility index (Phi) is 7.36. The summed E-state index contributed by atoms with van der Waals surface area (Å²) in [6, 6.07) is 16.0. The summed E-state index contributed by atoms with van der Waals surface area (Å²) < 4.78 is 33.6. The maximum absolute atomic E-state index is 13.1. The van der Waals surface area contributed by atoms with Gasteiger partial charge in [-0.1, -0.05) is 11.6 Å². The Morgan fingerprint density at radius 3 is 2.44 bits per heavy atom. The number of hydrogen-bond donors (Lipinski definition) is 4. The van der Waals surface area contributed by atoms with Gasteiger partial charge in [0.15, 0.2) is 4.67 Å². The summed E-state index contributed by atoms with van der Waals surface area (Å²) >= 11 is 9.82. The summed E-state index contributed by atoms with van der Waals surface area (Å²) in [5.74, 6) is 0.704. The minimum absolute atomic E-state index is 0.110. The lowest BCUT2D eigenvalue weighted by Gasteiger charge is -2.10. The van der Waals surface area contributed by atoms with Crippen LogP contribution in [0.5, 0.6) is 0 Å². The Labute approximate surface area is 237 Å². The van der Waals surface area contributed by atoms with E-state index in [9.17, 15) is 22.8 Å². The molecular weight excluding hydrogens is 634 g/mol. The van der Waals surface area contributed by atoms with Gasteiger partial charge in [0.2, 0.25) is 0 Å². The number of hydrogen-bond acceptors (Lipinski definition) is 8. The Balaban J connectivity index is 1.32.